The van der Waals surface area contributed by atoms with Gasteiger partial charge >= 0.3 is 13.1 Å². The number of nitrogen functional groups attached to an aromatic ring is 1. The van der Waals surface area contributed by atoms with Crippen LogP contribution >= 0.6 is 137 Å². The Hall–Kier alpha value is -9.85. The number of carbonyl (C=O) groups excluding carboxylic acids is 2. The number of hydrogen-bond acceptors (Lipinski definition) is 24. The fourth-order valence-corrected chi connectivity index (χ4v) is 20.6. The smallest absolute Gasteiger partial charge is 0.478 e. The van der Waals surface area contributed by atoms with Crippen LogP contribution in [0.1, 0.15) is 91.6 Å². The van der Waals surface area contributed by atoms with Crippen molar-refractivity contribution >= 4 is 251 Å². The minimum Gasteiger partial charge on any atom is -0.478 e. The summed E-state index contributed by atoms with van der Waals surface area (Å²) in [5, 5.41) is 13.8. The van der Waals surface area contributed by atoms with E-state index in [-0.39, 0.29) is 120 Å². The molecule has 1 fully saturated rings. The zero-order chi connectivity index (χ0) is 108. The SMILES string of the molecule is CNC(=O)C(C)Cn1cnc2ccc(-c3cnc(C)c(NS(=O)(=O)c4ccc(F)cc4Cl)c3)cc2c1=O.CNC(=O)C(C)Cn1cnc2ccc(Br)cc2c1=O.Cc1cc(Br)cnc1C.Cc1ncc(B2OC(C)(C)C(C)(C)O2)cc1NS(=O)(=O)c1ccc(F)cc1Cl.Cc1ncc(Br)cc1C(=O)O.Cc1ncc(Br)cc1N.Cc1ncc(Br)cc1NS(=O)(=O)c1ccc(F)cc1Cl.O=S(=O)(Cl)c1ccc(F)cc1Cl.[CH3-].[W]. The molecule has 147 heavy (non-hydrogen) atoms. The van der Waals surface area contributed by atoms with Crippen LogP contribution in [0.2, 0.25) is 20.1 Å². The number of aryl methyl sites for hydroxylation is 7. The summed E-state index contributed by atoms with van der Waals surface area (Å²) in [4.78, 5) is 91.5. The van der Waals surface area contributed by atoms with Crippen LogP contribution in [0, 0.1) is 91.0 Å². The summed E-state index contributed by atoms with van der Waals surface area (Å²) in [6, 6.07) is 32.7. The van der Waals surface area contributed by atoms with E-state index in [1.54, 1.807) is 128 Å². The summed E-state index contributed by atoms with van der Waals surface area (Å²) in [6.45, 7) is 24.2. The van der Waals surface area contributed by atoms with Crippen LogP contribution in [0.4, 0.5) is 40.3 Å². The minimum atomic E-state index is -4.13. The van der Waals surface area contributed by atoms with Crippen LogP contribution < -0.4 is 47.1 Å². The van der Waals surface area contributed by atoms with Crippen LogP contribution in [0.5, 0.6) is 0 Å². The summed E-state index contributed by atoms with van der Waals surface area (Å²) >= 11 is 39.3. The number of carboxylic acid groups (broad SMARTS) is 1. The predicted molar refractivity (Wildman–Crippen MR) is 579 cm³/mol. The Morgan fingerprint density at radius 1 is 0.442 bits per heavy atom. The Morgan fingerprint density at radius 2 is 0.796 bits per heavy atom. The van der Waals surface area contributed by atoms with Gasteiger partial charge < -0.3 is 38.2 Å². The van der Waals surface area contributed by atoms with E-state index < -0.39 is 92.6 Å². The number of anilines is 4. The number of carboxylic acids is 1. The second-order valence-corrected chi connectivity index (χ2v) is 46.2. The van der Waals surface area contributed by atoms with Gasteiger partial charge in [-0.3, -0.25) is 72.4 Å². The Balaban J connectivity index is 0.000000269. The number of aromatic carboxylic acids is 1. The van der Waals surface area contributed by atoms with Crippen LogP contribution in [-0.4, -0.2) is 138 Å². The van der Waals surface area contributed by atoms with E-state index >= 15 is 0 Å². The van der Waals surface area contributed by atoms with Crippen molar-refractivity contribution < 1.29 is 101 Å². The molecule has 0 radical (unpaired) electrons. The number of nitrogens with zero attached hydrogens (tertiary/aromatic N) is 10. The van der Waals surface area contributed by atoms with Crippen LogP contribution in [0.25, 0.3) is 32.9 Å². The van der Waals surface area contributed by atoms with Gasteiger partial charge in [-0.15, -0.1) is 0 Å². The third kappa shape index (κ3) is 35.7. The summed E-state index contributed by atoms with van der Waals surface area (Å²) in [6.07, 6.45) is 12.7. The van der Waals surface area contributed by atoms with Crippen molar-refractivity contribution in [3.8, 4) is 11.1 Å². The van der Waals surface area contributed by atoms with Crippen molar-refractivity contribution in [1.82, 2.24) is 59.6 Å². The first-order valence-electron chi connectivity index (χ1n) is 42.2. The maximum Gasteiger partial charge on any atom is 0.496 e. The van der Waals surface area contributed by atoms with E-state index in [0.717, 1.165) is 103 Å². The van der Waals surface area contributed by atoms with Gasteiger partial charge in [-0.2, -0.15) is 0 Å². The summed E-state index contributed by atoms with van der Waals surface area (Å²) in [7, 11) is -8.55. The Kier molecular flexibility index (Phi) is 46.9. The van der Waals surface area contributed by atoms with Gasteiger partial charge in [-0.25, -0.2) is 66.0 Å². The molecule has 0 spiro atoms. The quantitative estimate of drug-likeness (QED) is 0.0171. The maximum atomic E-state index is 13.4. The molecule has 0 bridgehead atoms. The van der Waals surface area contributed by atoms with Gasteiger partial charge in [0.2, 0.25) is 11.8 Å². The molecule has 1 saturated heterocycles. The molecule has 2 amide bonds. The van der Waals surface area contributed by atoms with Gasteiger partial charge in [-0.05, 0) is 291 Å². The number of carbonyl (C=O) groups is 3. The number of aromatic nitrogens is 10. The average molecular weight is 2690 g/mol. The predicted octanol–water partition coefficient (Wildman–Crippen LogP) is 21.2. The zero-order valence-electron chi connectivity index (χ0n) is 80.6. The molecule has 2 unspecified atom stereocenters. The van der Waals surface area contributed by atoms with Gasteiger partial charge in [0.1, 0.15) is 42.9 Å². The molecule has 14 aromatic rings. The Morgan fingerprint density at radius 3 is 1.18 bits per heavy atom. The van der Waals surface area contributed by atoms with Crippen LogP contribution in [-0.2, 0) is 92.2 Å². The van der Waals surface area contributed by atoms with E-state index in [4.69, 9.17) is 77.2 Å². The zero-order valence-corrected chi connectivity index (χ0v) is 98.5. The van der Waals surface area contributed by atoms with Crippen molar-refractivity contribution in [2.75, 3.05) is 34.0 Å². The maximum absolute atomic E-state index is 13.4. The molecule has 6 aromatic carbocycles. The number of benzene rings is 6. The number of nitrogens with two attached hydrogens (primary N) is 1. The normalized spacial score (nSPS) is 12.6. The second kappa shape index (κ2) is 54.7. The van der Waals surface area contributed by atoms with Gasteiger partial charge in [0.15, 0.2) is 0 Å². The molecule has 9 heterocycles. The second-order valence-electron chi connectivity index (χ2n) is 32.5. The van der Waals surface area contributed by atoms with Crippen molar-refractivity contribution in [3.05, 3.63) is 335 Å². The van der Waals surface area contributed by atoms with E-state index in [2.05, 4.69) is 150 Å². The van der Waals surface area contributed by atoms with E-state index in [9.17, 15) is 75.2 Å². The molecule has 0 saturated carbocycles. The molecular weight excluding hydrogens is 2600 g/mol. The molecule has 1 aliphatic heterocycles. The Labute approximate surface area is 927 Å². The summed E-state index contributed by atoms with van der Waals surface area (Å²) < 4.78 is 175. The first-order valence-corrected chi connectivity index (χ1v) is 54.4. The number of fused-ring (bicyclic) bond motifs is 2. The van der Waals surface area contributed by atoms with Crippen molar-refractivity contribution in [2.24, 2.45) is 11.8 Å². The molecule has 32 nitrogen and oxygen atoms in total. The fraction of sp³-hybridized carbons (Fsp3) is 0.221. The number of nitrogens with one attached hydrogen (secondary N) is 5. The minimum absolute atomic E-state index is 0. The molecule has 2 atom stereocenters. The number of amides is 2. The Bertz CT molecular complexity index is 7800. The van der Waals surface area contributed by atoms with Crippen LogP contribution in [0.15, 0.2) is 247 Å². The summed E-state index contributed by atoms with van der Waals surface area (Å²) in [5.41, 5.74) is 13.7. The van der Waals surface area contributed by atoms with E-state index in [1.165, 1.54) is 40.5 Å². The third-order valence-electron chi connectivity index (χ3n) is 21.2. The van der Waals surface area contributed by atoms with Gasteiger partial charge in [0, 0.05) is 135 Å². The molecule has 8 N–H and O–H groups in total. The average Bonchev–Trinajstić information content (AvgIpc) is 1.63. The molecule has 15 rings (SSSR count). The number of pyridine rings is 6. The van der Waals surface area contributed by atoms with Crippen molar-refractivity contribution in [3.63, 3.8) is 0 Å². The molecular formula is C95H94BBr5Cl5F4N16O16S4W-. The third-order valence-corrected chi connectivity index (χ3v) is 30.7. The molecule has 1 aliphatic rings. The standard InChI is InChI=1S/C25H23ClFN5O4S.C18H21BClFN2O4S.C13H14BrN3O2.C12H9BrClFN2O2S.C7H6BrNO2.C7H8BrN.C6H7BrN2.C6H3Cl2FO2S.CH3.W/c1-14(24(33)28-3)12-32-13-30-21-6-4-16(8-19(21)25(32)34)17-9-22(15(2)29-11-17)31-37(35,36)23-7-5-18(27)10-20(23)26;1-11-15(23-28(24,25)16-7-6-13(21)9-14(16)20)8-12(10-22-11)19-26-17(2,3)18(4,5)27-19;1-8(12(18)15-2)6-17-7-16-11-4-3-9(14)5-10(11)13(17)19;1-7-11(4-8(13)6-16-7)17-20(18,19)12-3-2-9(15)5-10(12)14;1-4-6(7(10)11)2-5(8)3-9-4;1-5-3-7(8)4-9-6(5)2;1-4-6(8)2-5(7)3-9-4;7-5-3-4(9)1-2-6(5)12(8,10)11;;/h4-11,13-14,31H,12H2,1-3H3,(H,28,33);6-10,23H,1-5H3;3-5,7-8H,6H2,1-2H3,(H,15,18);2-6,17H,1H3;2-3H,1H3,(H,10,11);3-4H,1-2H3;2-3H,8H2,1H3;1-3H;1H3;/q;;;;;;;;-1;. The van der Waals surface area contributed by atoms with Crippen molar-refractivity contribution in [1.29, 1.82) is 0 Å². The largest absolute Gasteiger partial charge is 0.496 e. The summed E-state index contributed by atoms with van der Waals surface area (Å²) in [5.74, 6) is -4.44. The van der Waals surface area contributed by atoms with E-state index in [0.29, 0.717) is 82.3 Å². The molecule has 0 aliphatic carbocycles. The topological polar surface area (TPSA) is 460 Å². The molecule has 8 aromatic heterocycles. The van der Waals surface area contributed by atoms with E-state index in [1.807, 2.05) is 66.8 Å². The fourth-order valence-electron chi connectivity index (χ4n) is 12.4. The first-order chi connectivity index (χ1) is 67.5. The number of sulfonamides is 3. The monoisotopic (exact) mass is 2680 g/mol. The van der Waals surface area contributed by atoms with Gasteiger partial charge in [-0.1, -0.05) is 82.2 Å². The van der Waals surface area contributed by atoms with Gasteiger partial charge in [0.25, 0.3) is 50.2 Å². The van der Waals surface area contributed by atoms with Gasteiger partial charge in [0.05, 0.1) is 134 Å². The number of rotatable bonds is 19. The first kappa shape index (κ1) is 126. The number of hydrogen-bond donors (Lipinski definition) is 7. The molecule has 782 valence electrons. The van der Waals surface area contributed by atoms with Crippen LogP contribution in [0.3, 0.4) is 0 Å². The van der Waals surface area contributed by atoms with Crippen molar-refractivity contribution in [2.45, 2.75) is 134 Å². The molecule has 52 heteroatoms. The number of halogens is 14.